The monoisotopic (exact) mass is 404 g/mol. The molecule has 3 rings (SSSR count). The second-order valence-electron chi connectivity index (χ2n) is 5.96. The van der Waals surface area contributed by atoms with Gasteiger partial charge in [-0.2, -0.15) is 10.5 Å². The Kier molecular flexibility index (Phi) is 6.35. The van der Waals surface area contributed by atoms with Crippen molar-refractivity contribution in [3.05, 3.63) is 99.0 Å². The van der Waals surface area contributed by atoms with E-state index in [0.717, 1.165) is 11.1 Å². The molecule has 0 aliphatic carbocycles. The van der Waals surface area contributed by atoms with E-state index in [4.69, 9.17) is 33.2 Å². The smallest absolute Gasteiger partial charge is 0.120 e. The lowest BCUT2D eigenvalue weighted by atomic mass is 10.0. The van der Waals surface area contributed by atoms with Crippen molar-refractivity contribution >= 4 is 34.9 Å². The lowest BCUT2D eigenvalue weighted by molar-refractivity contribution is 0.306. The van der Waals surface area contributed by atoms with Crippen LogP contribution in [0, 0.1) is 22.7 Å². The fourth-order valence-corrected chi connectivity index (χ4v) is 3.06. The van der Waals surface area contributed by atoms with Crippen LogP contribution in [0.1, 0.15) is 22.3 Å². The summed E-state index contributed by atoms with van der Waals surface area (Å²) in [6.07, 6.45) is 1.76. The number of rotatable bonds is 5. The van der Waals surface area contributed by atoms with E-state index >= 15 is 0 Å². The molecule has 0 amide bonds. The Morgan fingerprint density at radius 3 is 2.54 bits per heavy atom. The minimum absolute atomic E-state index is 0.304. The first kappa shape index (κ1) is 19.5. The van der Waals surface area contributed by atoms with Gasteiger partial charge in [-0.3, -0.25) is 0 Å². The molecule has 136 valence electrons. The number of allylic oxidation sites excluding steroid dienone is 1. The summed E-state index contributed by atoms with van der Waals surface area (Å²) in [5.41, 5.74) is 3.32. The fraction of sp³-hybridized carbons (Fsp3) is 0.0435. The van der Waals surface area contributed by atoms with Crippen LogP contribution in [-0.4, -0.2) is 0 Å². The Morgan fingerprint density at radius 2 is 1.79 bits per heavy atom. The largest absolute Gasteiger partial charge is 0.489 e. The van der Waals surface area contributed by atoms with Crippen LogP contribution in [-0.2, 0) is 6.61 Å². The molecule has 3 aromatic carbocycles. The number of ether oxygens (including phenoxy) is 1. The Morgan fingerprint density at radius 1 is 0.964 bits per heavy atom. The summed E-state index contributed by atoms with van der Waals surface area (Å²) in [7, 11) is 0. The van der Waals surface area contributed by atoms with Crippen molar-refractivity contribution in [1.29, 1.82) is 10.5 Å². The van der Waals surface area contributed by atoms with Gasteiger partial charge in [-0.05, 0) is 53.6 Å². The maximum atomic E-state index is 9.52. The molecule has 3 nitrogen and oxygen atoms in total. The van der Waals surface area contributed by atoms with Crippen LogP contribution in [0.5, 0.6) is 5.75 Å². The highest BCUT2D eigenvalue weighted by Crippen LogP contribution is 2.24. The molecular formula is C23H14Cl2N2O. The molecule has 0 saturated carbocycles. The quantitative estimate of drug-likeness (QED) is 0.359. The van der Waals surface area contributed by atoms with E-state index in [9.17, 15) is 5.26 Å². The Labute approximate surface area is 173 Å². The average molecular weight is 405 g/mol. The fourth-order valence-electron chi connectivity index (χ4n) is 2.60. The minimum Gasteiger partial charge on any atom is -0.489 e. The summed E-state index contributed by atoms with van der Waals surface area (Å²) in [4.78, 5) is 0. The van der Waals surface area contributed by atoms with Crippen LogP contribution in [0.2, 0.25) is 10.0 Å². The molecule has 0 N–H and O–H groups in total. The topological polar surface area (TPSA) is 56.8 Å². The molecule has 0 heterocycles. The van der Waals surface area contributed by atoms with Gasteiger partial charge in [0.05, 0.1) is 23.3 Å². The maximum Gasteiger partial charge on any atom is 0.120 e. The van der Waals surface area contributed by atoms with Crippen LogP contribution in [0.4, 0.5) is 0 Å². The molecule has 0 aromatic heterocycles. The van der Waals surface area contributed by atoms with Crippen molar-refractivity contribution in [2.45, 2.75) is 6.61 Å². The lowest BCUT2D eigenvalue weighted by Crippen LogP contribution is -1.96. The predicted octanol–water partition coefficient (Wildman–Crippen LogP) is 6.51. The van der Waals surface area contributed by atoms with Crippen LogP contribution < -0.4 is 4.74 Å². The van der Waals surface area contributed by atoms with Crippen molar-refractivity contribution in [2.75, 3.05) is 0 Å². The number of nitriles is 2. The molecule has 28 heavy (non-hydrogen) atoms. The molecular weight excluding hydrogens is 391 g/mol. The van der Waals surface area contributed by atoms with Gasteiger partial charge in [0.25, 0.3) is 0 Å². The molecule has 3 aromatic rings. The molecule has 0 aliphatic heterocycles. The second-order valence-corrected chi connectivity index (χ2v) is 6.80. The molecule has 0 spiro atoms. The minimum atomic E-state index is 0.304. The summed E-state index contributed by atoms with van der Waals surface area (Å²) in [5, 5.41) is 19.7. The van der Waals surface area contributed by atoms with Crippen LogP contribution >= 0.6 is 23.2 Å². The number of halogens is 2. The number of hydrogen-bond acceptors (Lipinski definition) is 3. The van der Waals surface area contributed by atoms with E-state index in [1.165, 1.54) is 0 Å². The van der Waals surface area contributed by atoms with Gasteiger partial charge in [-0.15, -0.1) is 0 Å². The molecule has 0 aliphatic rings. The standard InChI is InChI=1S/C23H14Cl2N2O/c24-21-8-7-19(23(25)12-21)15-28-22-6-2-3-16(11-22)9-20(14-27)18-5-1-4-17(10-18)13-26/h1-12H,15H2/b20-9-. The van der Waals surface area contributed by atoms with Gasteiger partial charge in [-0.1, -0.05) is 53.5 Å². The Bertz CT molecular complexity index is 1120. The number of hydrogen-bond donors (Lipinski definition) is 0. The van der Waals surface area contributed by atoms with Crippen molar-refractivity contribution in [1.82, 2.24) is 0 Å². The SMILES string of the molecule is N#C/C(=C/c1cccc(OCc2ccc(Cl)cc2Cl)c1)c1cccc(C#N)c1. The number of nitrogens with zero attached hydrogens (tertiary/aromatic N) is 2. The molecule has 0 fully saturated rings. The third kappa shape index (κ3) is 4.93. The number of benzene rings is 3. The normalized spacial score (nSPS) is 10.8. The second kappa shape index (κ2) is 9.11. The zero-order valence-corrected chi connectivity index (χ0v) is 16.2. The molecule has 0 atom stereocenters. The highest BCUT2D eigenvalue weighted by molar-refractivity contribution is 6.35. The van der Waals surface area contributed by atoms with Gasteiger partial charge in [0.15, 0.2) is 0 Å². The van der Waals surface area contributed by atoms with Gasteiger partial charge in [-0.25, -0.2) is 0 Å². The van der Waals surface area contributed by atoms with Crippen molar-refractivity contribution in [3.63, 3.8) is 0 Å². The average Bonchev–Trinajstić information content (AvgIpc) is 2.71. The first-order valence-corrected chi connectivity index (χ1v) is 9.14. The van der Waals surface area contributed by atoms with Gasteiger partial charge in [0.2, 0.25) is 0 Å². The Balaban J connectivity index is 1.81. The molecule has 0 saturated heterocycles. The summed E-state index contributed by atoms with van der Waals surface area (Å²) in [5.74, 6) is 0.655. The Hall–Kier alpha value is -3.24. The summed E-state index contributed by atoms with van der Waals surface area (Å²) in [6, 6.07) is 23.9. The van der Waals surface area contributed by atoms with E-state index in [-0.39, 0.29) is 0 Å². The van der Waals surface area contributed by atoms with Crippen LogP contribution in [0.3, 0.4) is 0 Å². The first-order chi connectivity index (χ1) is 13.6. The van der Waals surface area contributed by atoms with Crippen LogP contribution in [0.25, 0.3) is 11.6 Å². The van der Waals surface area contributed by atoms with E-state index in [1.54, 1.807) is 42.5 Å². The van der Waals surface area contributed by atoms with Gasteiger partial charge in [0.1, 0.15) is 12.4 Å². The zero-order valence-electron chi connectivity index (χ0n) is 14.7. The third-order valence-electron chi connectivity index (χ3n) is 4.00. The molecule has 0 unspecified atom stereocenters. The molecule has 0 bridgehead atoms. The highest BCUT2D eigenvalue weighted by Gasteiger charge is 2.05. The van der Waals surface area contributed by atoms with E-state index in [2.05, 4.69) is 12.1 Å². The van der Waals surface area contributed by atoms with E-state index < -0.39 is 0 Å². The highest BCUT2D eigenvalue weighted by atomic mass is 35.5. The van der Waals surface area contributed by atoms with Gasteiger partial charge in [0, 0.05) is 15.6 Å². The summed E-state index contributed by atoms with van der Waals surface area (Å²) < 4.78 is 5.83. The van der Waals surface area contributed by atoms with Gasteiger partial charge < -0.3 is 4.74 Å². The summed E-state index contributed by atoms with van der Waals surface area (Å²) in [6.45, 7) is 0.304. The van der Waals surface area contributed by atoms with Crippen molar-refractivity contribution in [3.8, 4) is 17.9 Å². The maximum absolute atomic E-state index is 9.52. The zero-order chi connectivity index (χ0) is 19.9. The lowest BCUT2D eigenvalue weighted by Gasteiger charge is -2.09. The van der Waals surface area contributed by atoms with Crippen LogP contribution in [0.15, 0.2) is 66.7 Å². The van der Waals surface area contributed by atoms with Crippen molar-refractivity contribution < 1.29 is 4.74 Å². The van der Waals surface area contributed by atoms with E-state index in [1.807, 2.05) is 30.3 Å². The van der Waals surface area contributed by atoms with Crippen molar-refractivity contribution in [2.24, 2.45) is 0 Å². The van der Waals surface area contributed by atoms with Gasteiger partial charge >= 0.3 is 0 Å². The molecule has 5 heteroatoms. The first-order valence-electron chi connectivity index (χ1n) is 8.38. The predicted molar refractivity (Wildman–Crippen MR) is 112 cm³/mol. The third-order valence-corrected chi connectivity index (χ3v) is 4.59. The molecule has 0 radical (unpaired) electrons. The van der Waals surface area contributed by atoms with E-state index in [0.29, 0.717) is 39.1 Å². The summed E-state index contributed by atoms with van der Waals surface area (Å²) >= 11 is 12.1.